The number of amides is 2. The number of nitrogens with one attached hydrogen (secondary N) is 3. The molecule has 1 saturated heterocycles. The quantitative estimate of drug-likeness (QED) is 0.373. The van der Waals surface area contributed by atoms with Crippen molar-refractivity contribution >= 4 is 11.8 Å². The van der Waals surface area contributed by atoms with E-state index in [-0.39, 0.29) is 17.6 Å². The standard InChI is InChI=1S/C29H37F3N4O4/c1-3-13-40-24-16-33-18-28(24,21-7-10-27(39,11-8-21)23-14-19(2)9-12-34-23)36-25(37)17-35-26(38)20-5-4-6-22(15-20)29(30,31)32/h4-6,9,12,14-15,21,24,33,39H,3,7-8,10-11,13,16-18H2,1-2H3,(H,35,38)(H,36,37)/t21?,24-,27?,28+/m0/s1. The number of alkyl halides is 3. The predicted octanol–water partition coefficient (Wildman–Crippen LogP) is 3.47. The van der Waals surface area contributed by atoms with Crippen molar-refractivity contribution in [2.75, 3.05) is 26.2 Å². The lowest BCUT2D eigenvalue weighted by molar-refractivity contribution is -0.137. The van der Waals surface area contributed by atoms with Crippen LogP contribution in [0.1, 0.15) is 66.2 Å². The Morgan fingerprint density at radius 2 is 1.95 bits per heavy atom. The average Bonchev–Trinajstić information content (AvgIpc) is 3.33. The van der Waals surface area contributed by atoms with Crippen LogP contribution in [0.5, 0.6) is 0 Å². The van der Waals surface area contributed by atoms with Crippen molar-refractivity contribution in [1.82, 2.24) is 20.9 Å². The first-order chi connectivity index (χ1) is 19.0. The third-order valence-corrected chi connectivity index (χ3v) is 8.01. The van der Waals surface area contributed by atoms with Gasteiger partial charge >= 0.3 is 6.18 Å². The van der Waals surface area contributed by atoms with E-state index in [4.69, 9.17) is 4.74 Å². The van der Waals surface area contributed by atoms with Gasteiger partial charge < -0.3 is 25.8 Å². The fourth-order valence-corrected chi connectivity index (χ4v) is 5.87. The number of aromatic nitrogens is 1. The topological polar surface area (TPSA) is 113 Å². The Morgan fingerprint density at radius 3 is 2.62 bits per heavy atom. The van der Waals surface area contributed by atoms with E-state index in [0.717, 1.165) is 30.2 Å². The molecule has 1 aliphatic carbocycles. The average molecular weight is 563 g/mol. The van der Waals surface area contributed by atoms with Gasteiger partial charge in [0.25, 0.3) is 5.91 Å². The number of aryl methyl sites for hydroxylation is 1. The Balaban J connectivity index is 1.46. The number of aliphatic hydroxyl groups is 1. The van der Waals surface area contributed by atoms with Crippen LogP contribution in [0.2, 0.25) is 0 Å². The Labute approximate surface area is 232 Å². The second-order valence-electron chi connectivity index (χ2n) is 10.9. The van der Waals surface area contributed by atoms with Crippen molar-refractivity contribution in [3.05, 3.63) is 65.0 Å². The van der Waals surface area contributed by atoms with Gasteiger partial charge in [0.15, 0.2) is 0 Å². The molecule has 1 aromatic carbocycles. The van der Waals surface area contributed by atoms with Gasteiger partial charge in [-0.05, 0) is 80.8 Å². The van der Waals surface area contributed by atoms with Crippen LogP contribution in [-0.4, -0.2) is 59.8 Å². The zero-order chi connectivity index (χ0) is 29.0. The van der Waals surface area contributed by atoms with Crippen molar-refractivity contribution in [2.24, 2.45) is 5.92 Å². The molecule has 2 aliphatic rings. The molecule has 40 heavy (non-hydrogen) atoms. The summed E-state index contributed by atoms with van der Waals surface area (Å²) in [4.78, 5) is 30.1. The lowest BCUT2D eigenvalue weighted by atomic mass is 9.67. The predicted molar refractivity (Wildman–Crippen MR) is 142 cm³/mol. The summed E-state index contributed by atoms with van der Waals surface area (Å²) in [5, 5.41) is 20.3. The van der Waals surface area contributed by atoms with Crippen LogP contribution >= 0.6 is 0 Å². The van der Waals surface area contributed by atoms with E-state index in [9.17, 15) is 27.9 Å². The third kappa shape index (κ3) is 6.64. The first-order valence-corrected chi connectivity index (χ1v) is 13.7. The van der Waals surface area contributed by atoms with Crippen LogP contribution in [0.25, 0.3) is 0 Å². The number of carbonyl (C=O) groups excluding carboxylic acids is 2. The van der Waals surface area contributed by atoms with Crippen molar-refractivity contribution in [1.29, 1.82) is 0 Å². The Morgan fingerprint density at radius 1 is 1.20 bits per heavy atom. The zero-order valence-corrected chi connectivity index (χ0v) is 22.8. The molecule has 4 rings (SSSR count). The monoisotopic (exact) mass is 562 g/mol. The van der Waals surface area contributed by atoms with E-state index in [1.165, 1.54) is 6.07 Å². The highest BCUT2D eigenvalue weighted by Crippen LogP contribution is 2.44. The van der Waals surface area contributed by atoms with Crippen LogP contribution in [0.3, 0.4) is 0 Å². The van der Waals surface area contributed by atoms with Gasteiger partial charge in [0, 0.05) is 31.5 Å². The Kier molecular flexibility index (Phi) is 9.16. The number of pyridine rings is 1. The highest BCUT2D eigenvalue weighted by molar-refractivity contribution is 5.96. The molecule has 0 unspecified atom stereocenters. The molecule has 2 aromatic rings. The number of hydrogen-bond donors (Lipinski definition) is 4. The normalized spacial score (nSPS) is 26.9. The van der Waals surface area contributed by atoms with Crippen molar-refractivity contribution in [3.63, 3.8) is 0 Å². The van der Waals surface area contributed by atoms with Crippen LogP contribution in [-0.2, 0) is 21.3 Å². The van der Waals surface area contributed by atoms with Crippen LogP contribution in [0.15, 0.2) is 42.6 Å². The number of rotatable bonds is 9. The number of halogens is 3. The summed E-state index contributed by atoms with van der Waals surface area (Å²) in [5.41, 5.74) is -1.28. The minimum Gasteiger partial charge on any atom is -0.384 e. The lowest BCUT2D eigenvalue weighted by Crippen LogP contribution is -2.64. The first-order valence-electron chi connectivity index (χ1n) is 13.7. The molecule has 218 valence electrons. The summed E-state index contributed by atoms with van der Waals surface area (Å²) < 4.78 is 45.3. The number of hydrogen-bond acceptors (Lipinski definition) is 6. The molecule has 2 heterocycles. The second kappa shape index (κ2) is 12.2. The van der Waals surface area contributed by atoms with Gasteiger partial charge in [-0.25, -0.2) is 0 Å². The molecule has 1 aliphatic heterocycles. The Hall–Kier alpha value is -3.02. The fourth-order valence-electron chi connectivity index (χ4n) is 5.87. The number of benzene rings is 1. The van der Waals surface area contributed by atoms with E-state index in [0.29, 0.717) is 51.1 Å². The molecule has 0 spiro atoms. The maximum Gasteiger partial charge on any atom is 0.416 e. The van der Waals surface area contributed by atoms with Gasteiger partial charge in [-0.2, -0.15) is 13.2 Å². The summed E-state index contributed by atoms with van der Waals surface area (Å²) >= 11 is 0. The van der Waals surface area contributed by atoms with Crippen LogP contribution in [0.4, 0.5) is 13.2 Å². The smallest absolute Gasteiger partial charge is 0.384 e. The third-order valence-electron chi connectivity index (χ3n) is 8.01. The van der Waals surface area contributed by atoms with Crippen LogP contribution in [0, 0.1) is 12.8 Å². The minimum absolute atomic E-state index is 0.0161. The molecule has 1 aromatic heterocycles. The maximum atomic E-state index is 13.2. The molecular formula is C29H37F3N4O4. The maximum absolute atomic E-state index is 13.2. The van der Waals surface area contributed by atoms with E-state index < -0.39 is 41.2 Å². The van der Waals surface area contributed by atoms with E-state index in [1.54, 1.807) is 6.20 Å². The second-order valence-corrected chi connectivity index (χ2v) is 10.9. The van der Waals surface area contributed by atoms with Gasteiger partial charge in [0.1, 0.15) is 5.60 Å². The van der Waals surface area contributed by atoms with Gasteiger partial charge in [-0.15, -0.1) is 0 Å². The van der Waals surface area contributed by atoms with Crippen LogP contribution < -0.4 is 16.0 Å². The van der Waals surface area contributed by atoms with Gasteiger partial charge in [0.2, 0.25) is 5.91 Å². The molecule has 0 radical (unpaired) electrons. The molecular weight excluding hydrogens is 525 g/mol. The van der Waals surface area contributed by atoms with E-state index in [2.05, 4.69) is 20.9 Å². The molecule has 4 N–H and O–H groups in total. The molecule has 11 heteroatoms. The molecule has 8 nitrogen and oxygen atoms in total. The number of nitrogens with zero attached hydrogens (tertiary/aromatic N) is 1. The van der Waals surface area contributed by atoms with Crippen molar-refractivity contribution in [3.8, 4) is 0 Å². The highest BCUT2D eigenvalue weighted by Gasteiger charge is 2.53. The number of carbonyl (C=O) groups is 2. The number of ether oxygens (including phenoxy) is 1. The summed E-state index contributed by atoms with van der Waals surface area (Å²) in [6, 6.07) is 7.85. The molecule has 2 amide bonds. The SMILES string of the molecule is CCCO[C@H]1CNC[C@@]1(NC(=O)CNC(=O)c1cccc(C(F)(F)F)c1)C1CCC(O)(c2cc(C)ccn2)CC1. The molecule has 1 saturated carbocycles. The largest absolute Gasteiger partial charge is 0.416 e. The van der Waals surface area contributed by atoms with E-state index >= 15 is 0 Å². The molecule has 2 fully saturated rings. The Bertz CT molecular complexity index is 1200. The lowest BCUT2D eigenvalue weighted by Gasteiger charge is -2.46. The van der Waals surface area contributed by atoms with Crippen molar-refractivity contribution < 1.29 is 32.6 Å². The van der Waals surface area contributed by atoms with Gasteiger partial charge in [-0.3, -0.25) is 14.6 Å². The molecule has 2 atom stereocenters. The fraction of sp³-hybridized carbons (Fsp3) is 0.552. The summed E-state index contributed by atoms with van der Waals surface area (Å²) in [6.07, 6.45) is -0.213. The zero-order valence-electron chi connectivity index (χ0n) is 22.8. The van der Waals surface area contributed by atoms with Crippen molar-refractivity contribution in [2.45, 2.75) is 69.4 Å². The highest BCUT2D eigenvalue weighted by atomic mass is 19.4. The first kappa shape index (κ1) is 30.0. The van der Waals surface area contributed by atoms with E-state index in [1.807, 2.05) is 26.0 Å². The summed E-state index contributed by atoms with van der Waals surface area (Å²) in [5.74, 6) is -1.25. The molecule has 0 bridgehead atoms. The van der Waals surface area contributed by atoms with Gasteiger partial charge in [-0.1, -0.05) is 13.0 Å². The summed E-state index contributed by atoms with van der Waals surface area (Å²) in [7, 11) is 0. The minimum atomic E-state index is -4.58. The van der Waals surface area contributed by atoms with Gasteiger partial charge in [0.05, 0.1) is 29.4 Å². The summed E-state index contributed by atoms with van der Waals surface area (Å²) in [6.45, 7) is 5.07.